The maximum absolute atomic E-state index is 13.2. The lowest BCUT2D eigenvalue weighted by atomic mass is 10.0. The van der Waals surface area contributed by atoms with Crippen molar-refractivity contribution in [2.45, 2.75) is 50.7 Å². The number of rotatable bonds is 13. The Balaban J connectivity index is 2.23. The first kappa shape index (κ1) is 27.3. The maximum atomic E-state index is 13.2. The van der Waals surface area contributed by atoms with Crippen molar-refractivity contribution in [3.63, 3.8) is 0 Å². The molecule has 0 aliphatic carbocycles. The van der Waals surface area contributed by atoms with E-state index in [-0.39, 0.29) is 31.6 Å². The third-order valence-electron chi connectivity index (χ3n) is 5.30. The summed E-state index contributed by atoms with van der Waals surface area (Å²) in [6.45, 7) is 1.56. The van der Waals surface area contributed by atoms with Gasteiger partial charge in [-0.05, 0) is 42.6 Å². The van der Waals surface area contributed by atoms with E-state index < -0.39 is 41.8 Å². The van der Waals surface area contributed by atoms with E-state index in [4.69, 9.17) is 5.73 Å². The molecule has 2 aromatic carbocycles. The smallest absolute Gasteiger partial charge is 0.326 e. The summed E-state index contributed by atoms with van der Waals surface area (Å²) in [5, 5.41) is 26.7. The molecule has 0 spiro atoms. The molecule has 0 fully saturated rings. The first-order chi connectivity index (χ1) is 16.7. The number of phenolic OH excluding ortho intramolecular Hbond substituents is 1. The van der Waals surface area contributed by atoms with Crippen molar-refractivity contribution in [3.05, 3.63) is 65.7 Å². The van der Waals surface area contributed by atoms with E-state index in [0.29, 0.717) is 12.0 Å². The third kappa shape index (κ3) is 9.46. The monoisotopic (exact) mass is 484 g/mol. The molecule has 0 unspecified atom stereocenters. The molecule has 2 rings (SSSR count). The fourth-order valence-corrected chi connectivity index (χ4v) is 3.51. The predicted octanol–water partition coefficient (Wildman–Crippen LogP) is 0.475. The van der Waals surface area contributed by atoms with Crippen molar-refractivity contribution < 1.29 is 29.4 Å². The van der Waals surface area contributed by atoms with Gasteiger partial charge in [-0.15, -0.1) is 0 Å². The second-order valence-corrected chi connectivity index (χ2v) is 8.20. The third-order valence-corrected chi connectivity index (χ3v) is 5.30. The van der Waals surface area contributed by atoms with E-state index in [1.165, 1.54) is 19.1 Å². The zero-order valence-electron chi connectivity index (χ0n) is 19.6. The summed E-state index contributed by atoms with van der Waals surface area (Å²) in [5.74, 6) is -2.81. The van der Waals surface area contributed by atoms with E-state index in [9.17, 15) is 29.4 Å². The molecule has 35 heavy (non-hydrogen) atoms. The molecule has 10 heteroatoms. The van der Waals surface area contributed by atoms with Crippen LogP contribution in [0.15, 0.2) is 54.6 Å². The van der Waals surface area contributed by atoms with Gasteiger partial charge >= 0.3 is 5.97 Å². The molecule has 10 nitrogen and oxygen atoms in total. The highest BCUT2D eigenvalue weighted by atomic mass is 16.4. The van der Waals surface area contributed by atoms with Gasteiger partial charge in [-0.3, -0.25) is 14.4 Å². The molecule has 0 aromatic heterocycles. The van der Waals surface area contributed by atoms with Gasteiger partial charge in [0.15, 0.2) is 0 Å². The van der Waals surface area contributed by atoms with Crippen LogP contribution in [0.5, 0.6) is 5.75 Å². The summed E-state index contributed by atoms with van der Waals surface area (Å²) in [6, 6.07) is 11.9. The first-order valence-corrected chi connectivity index (χ1v) is 11.3. The van der Waals surface area contributed by atoms with Crippen LogP contribution in [-0.4, -0.2) is 58.6 Å². The minimum Gasteiger partial charge on any atom is -0.508 e. The minimum atomic E-state index is -1.19. The Bertz CT molecular complexity index is 997. The minimum absolute atomic E-state index is 0.0662. The number of aliphatic carboxylic acids is 1. The maximum Gasteiger partial charge on any atom is 0.326 e. The number of aromatic hydroxyl groups is 1. The second kappa shape index (κ2) is 13.7. The molecule has 0 aliphatic rings. The van der Waals surface area contributed by atoms with E-state index in [1.54, 1.807) is 36.4 Å². The molecule has 0 aliphatic heterocycles. The number of phenols is 1. The molecule has 7 N–H and O–H groups in total. The highest BCUT2D eigenvalue weighted by Gasteiger charge is 2.29. The molecule has 2 aromatic rings. The van der Waals surface area contributed by atoms with Crippen LogP contribution in [-0.2, 0) is 32.0 Å². The van der Waals surface area contributed by atoms with E-state index in [0.717, 1.165) is 5.56 Å². The van der Waals surface area contributed by atoms with Gasteiger partial charge < -0.3 is 31.9 Å². The molecule has 0 saturated heterocycles. The number of carboxylic acids is 1. The molecule has 0 saturated carbocycles. The van der Waals surface area contributed by atoms with Crippen LogP contribution in [0, 0.1) is 0 Å². The average Bonchev–Trinajstić information content (AvgIpc) is 2.82. The van der Waals surface area contributed by atoms with Gasteiger partial charge in [-0.1, -0.05) is 42.5 Å². The normalized spacial score (nSPS) is 13.2. The number of hydrogen-bond donors (Lipinski definition) is 6. The molecular formula is C25H32N4O6. The lowest BCUT2D eigenvalue weighted by molar-refractivity contribution is -0.142. The number of carboxylic acid groups (broad SMARTS) is 1. The number of benzene rings is 2. The van der Waals surface area contributed by atoms with Crippen LogP contribution < -0.4 is 21.7 Å². The van der Waals surface area contributed by atoms with Gasteiger partial charge in [0.1, 0.15) is 23.9 Å². The summed E-state index contributed by atoms with van der Waals surface area (Å²) >= 11 is 0. The standard InChI is InChI=1S/C25H32N4O6/c1-16(30)27-21(15-18-9-11-19(31)12-10-18)23(32)29-22(14-17-6-3-2-4-7-17)24(33)28-20(25(34)35)8-5-13-26/h2-4,6-7,9-12,20-22,31H,5,8,13-15,26H2,1H3,(H,27,30)(H,28,33)(H,29,32)(H,34,35)/t20-,21-,22+/m0/s1. The molecule has 0 heterocycles. The summed E-state index contributed by atoms with van der Waals surface area (Å²) in [7, 11) is 0. The van der Waals surface area contributed by atoms with Crippen LogP contribution in [0.3, 0.4) is 0 Å². The van der Waals surface area contributed by atoms with Gasteiger partial charge in [-0.25, -0.2) is 4.79 Å². The molecular weight excluding hydrogens is 452 g/mol. The largest absolute Gasteiger partial charge is 0.508 e. The quantitative estimate of drug-likeness (QED) is 0.240. The Morgan fingerprint density at radius 2 is 1.31 bits per heavy atom. The number of carbonyl (C=O) groups is 4. The fraction of sp³-hybridized carbons (Fsp3) is 0.360. The van der Waals surface area contributed by atoms with Crippen molar-refractivity contribution in [1.29, 1.82) is 0 Å². The van der Waals surface area contributed by atoms with Crippen LogP contribution in [0.25, 0.3) is 0 Å². The Kier molecular flexibility index (Phi) is 10.7. The number of nitrogens with two attached hydrogens (primary N) is 1. The number of amides is 3. The van der Waals surface area contributed by atoms with Gasteiger partial charge in [-0.2, -0.15) is 0 Å². The molecule has 0 bridgehead atoms. The topological polar surface area (TPSA) is 171 Å². The van der Waals surface area contributed by atoms with Gasteiger partial charge in [0.25, 0.3) is 0 Å². The number of hydrogen-bond acceptors (Lipinski definition) is 6. The zero-order valence-corrected chi connectivity index (χ0v) is 19.6. The van der Waals surface area contributed by atoms with Crippen molar-refractivity contribution in [3.8, 4) is 5.75 Å². The Morgan fingerprint density at radius 3 is 1.83 bits per heavy atom. The SMILES string of the molecule is CC(=O)N[C@@H](Cc1ccc(O)cc1)C(=O)N[C@H](Cc1ccccc1)C(=O)N[C@@H](CCCN)C(=O)O. The lowest BCUT2D eigenvalue weighted by Crippen LogP contribution is -2.56. The molecule has 0 radical (unpaired) electrons. The van der Waals surface area contributed by atoms with E-state index in [1.807, 2.05) is 6.07 Å². The molecule has 3 amide bonds. The first-order valence-electron chi connectivity index (χ1n) is 11.3. The zero-order chi connectivity index (χ0) is 25.8. The Morgan fingerprint density at radius 1 is 0.800 bits per heavy atom. The van der Waals surface area contributed by atoms with E-state index >= 15 is 0 Å². The van der Waals surface area contributed by atoms with Crippen LogP contribution in [0.4, 0.5) is 0 Å². The van der Waals surface area contributed by atoms with Gasteiger partial charge in [0, 0.05) is 19.8 Å². The summed E-state index contributed by atoms with van der Waals surface area (Å²) < 4.78 is 0. The summed E-state index contributed by atoms with van der Waals surface area (Å²) in [4.78, 5) is 49.6. The van der Waals surface area contributed by atoms with Gasteiger partial charge in [0.05, 0.1) is 0 Å². The highest BCUT2D eigenvalue weighted by Crippen LogP contribution is 2.12. The average molecular weight is 485 g/mol. The number of nitrogens with one attached hydrogen (secondary N) is 3. The fourth-order valence-electron chi connectivity index (χ4n) is 3.51. The Hall–Kier alpha value is -3.92. The lowest BCUT2D eigenvalue weighted by Gasteiger charge is -2.24. The second-order valence-electron chi connectivity index (χ2n) is 8.20. The summed E-state index contributed by atoms with van der Waals surface area (Å²) in [5.41, 5.74) is 6.92. The summed E-state index contributed by atoms with van der Waals surface area (Å²) in [6.07, 6.45) is 0.802. The van der Waals surface area contributed by atoms with Gasteiger partial charge in [0.2, 0.25) is 17.7 Å². The van der Waals surface area contributed by atoms with Crippen molar-refractivity contribution in [2.75, 3.05) is 6.54 Å². The predicted molar refractivity (Wildman–Crippen MR) is 129 cm³/mol. The van der Waals surface area contributed by atoms with Crippen molar-refractivity contribution in [2.24, 2.45) is 5.73 Å². The number of carbonyl (C=O) groups excluding carboxylic acids is 3. The van der Waals surface area contributed by atoms with E-state index in [2.05, 4.69) is 16.0 Å². The Labute approximate surface area is 203 Å². The molecule has 188 valence electrons. The van der Waals surface area contributed by atoms with Crippen LogP contribution in [0.2, 0.25) is 0 Å². The molecule has 3 atom stereocenters. The van der Waals surface area contributed by atoms with Crippen LogP contribution in [0.1, 0.15) is 30.9 Å². The highest BCUT2D eigenvalue weighted by molar-refractivity contribution is 5.93. The van der Waals surface area contributed by atoms with Crippen LogP contribution >= 0.6 is 0 Å². The van der Waals surface area contributed by atoms with Crippen molar-refractivity contribution in [1.82, 2.24) is 16.0 Å². The van der Waals surface area contributed by atoms with Crippen molar-refractivity contribution >= 4 is 23.7 Å².